The standard InChI is InChI=1S/C16H18N4O3S/c17-12-7-10-13(21)11(16(22)23)8-20(9-1-2-9)14(10)18-15(12)19-3-5-24-6-4-19/h7-9H,1-6,17H2,(H,22,23). The Labute approximate surface area is 142 Å². The summed E-state index contributed by atoms with van der Waals surface area (Å²) in [5, 5.41) is 9.59. The highest BCUT2D eigenvalue weighted by molar-refractivity contribution is 7.99. The van der Waals surface area contributed by atoms with Gasteiger partial charge in [0, 0.05) is 36.8 Å². The van der Waals surface area contributed by atoms with Crippen molar-refractivity contribution in [2.45, 2.75) is 18.9 Å². The number of hydrogen-bond donors (Lipinski definition) is 2. The van der Waals surface area contributed by atoms with Gasteiger partial charge in [-0.05, 0) is 18.9 Å². The number of anilines is 2. The number of carboxylic acid groups (broad SMARTS) is 1. The van der Waals surface area contributed by atoms with Crippen LogP contribution in [0.4, 0.5) is 11.5 Å². The molecule has 2 aliphatic rings. The molecule has 126 valence electrons. The predicted octanol–water partition coefficient (Wildman–Crippen LogP) is 1.57. The van der Waals surface area contributed by atoms with Crippen LogP contribution in [0.25, 0.3) is 11.0 Å². The molecule has 0 bridgehead atoms. The average Bonchev–Trinajstić information content (AvgIpc) is 3.40. The molecule has 1 aliphatic heterocycles. The third-order valence-electron chi connectivity index (χ3n) is 4.49. The predicted molar refractivity (Wildman–Crippen MR) is 95.2 cm³/mol. The fourth-order valence-electron chi connectivity index (χ4n) is 3.09. The van der Waals surface area contributed by atoms with Gasteiger partial charge < -0.3 is 20.3 Å². The summed E-state index contributed by atoms with van der Waals surface area (Å²) >= 11 is 1.90. The lowest BCUT2D eigenvalue weighted by atomic mass is 10.1. The molecular formula is C16H18N4O3S. The van der Waals surface area contributed by atoms with Crippen molar-refractivity contribution in [2.75, 3.05) is 35.2 Å². The van der Waals surface area contributed by atoms with Crippen molar-refractivity contribution in [3.8, 4) is 0 Å². The topological polar surface area (TPSA) is 101 Å². The zero-order valence-electron chi connectivity index (χ0n) is 13.1. The third-order valence-corrected chi connectivity index (χ3v) is 5.44. The van der Waals surface area contributed by atoms with E-state index in [4.69, 9.17) is 5.73 Å². The van der Waals surface area contributed by atoms with Gasteiger partial charge in [0.2, 0.25) is 5.43 Å². The first-order chi connectivity index (χ1) is 11.6. The van der Waals surface area contributed by atoms with E-state index in [0.29, 0.717) is 17.2 Å². The number of nitrogens with two attached hydrogens (primary N) is 1. The summed E-state index contributed by atoms with van der Waals surface area (Å²) in [4.78, 5) is 30.7. The summed E-state index contributed by atoms with van der Waals surface area (Å²) in [6, 6.07) is 1.81. The Morgan fingerprint density at radius 3 is 2.67 bits per heavy atom. The number of fused-ring (bicyclic) bond motifs is 1. The maximum absolute atomic E-state index is 12.5. The first-order valence-corrected chi connectivity index (χ1v) is 9.13. The molecule has 3 heterocycles. The van der Waals surface area contributed by atoms with Crippen LogP contribution in [0.1, 0.15) is 29.2 Å². The summed E-state index contributed by atoms with van der Waals surface area (Å²) in [5.41, 5.74) is 6.37. The van der Waals surface area contributed by atoms with Crippen LogP contribution in [-0.4, -0.2) is 45.2 Å². The summed E-state index contributed by atoms with van der Waals surface area (Å²) in [7, 11) is 0. The number of aromatic carboxylic acids is 1. The normalized spacial score (nSPS) is 18.1. The molecule has 0 spiro atoms. The van der Waals surface area contributed by atoms with Gasteiger partial charge >= 0.3 is 5.97 Å². The molecule has 3 N–H and O–H groups in total. The average molecular weight is 346 g/mol. The van der Waals surface area contributed by atoms with Gasteiger partial charge in [-0.2, -0.15) is 11.8 Å². The highest BCUT2D eigenvalue weighted by Gasteiger charge is 2.28. The minimum absolute atomic E-state index is 0.215. The first kappa shape index (κ1) is 15.3. The smallest absolute Gasteiger partial charge is 0.341 e. The largest absolute Gasteiger partial charge is 0.477 e. The number of carboxylic acids is 1. The Morgan fingerprint density at radius 2 is 2.04 bits per heavy atom. The summed E-state index contributed by atoms with van der Waals surface area (Å²) in [5.74, 6) is 1.52. The molecule has 7 nitrogen and oxygen atoms in total. The molecule has 0 radical (unpaired) electrons. The van der Waals surface area contributed by atoms with E-state index < -0.39 is 11.4 Å². The minimum Gasteiger partial charge on any atom is -0.477 e. The molecule has 2 aromatic heterocycles. The maximum Gasteiger partial charge on any atom is 0.341 e. The number of thioether (sulfide) groups is 1. The maximum atomic E-state index is 12.5. The summed E-state index contributed by atoms with van der Waals surface area (Å²) in [6.07, 6.45) is 3.38. The molecule has 0 amide bonds. The zero-order chi connectivity index (χ0) is 16.8. The number of pyridine rings is 2. The van der Waals surface area contributed by atoms with E-state index in [1.807, 2.05) is 16.3 Å². The second-order valence-electron chi connectivity index (χ2n) is 6.19. The van der Waals surface area contributed by atoms with E-state index in [2.05, 4.69) is 9.88 Å². The Hall–Kier alpha value is -2.22. The summed E-state index contributed by atoms with van der Waals surface area (Å²) < 4.78 is 1.84. The monoisotopic (exact) mass is 346 g/mol. The number of nitrogen functional groups attached to an aromatic ring is 1. The van der Waals surface area contributed by atoms with Crippen LogP contribution in [0, 0.1) is 0 Å². The molecule has 0 aromatic carbocycles. The Bertz CT molecular complexity index is 885. The molecule has 1 saturated carbocycles. The third kappa shape index (κ3) is 2.50. The van der Waals surface area contributed by atoms with Gasteiger partial charge in [0.15, 0.2) is 5.82 Å². The first-order valence-electron chi connectivity index (χ1n) is 7.97. The van der Waals surface area contributed by atoms with Crippen LogP contribution in [0.2, 0.25) is 0 Å². The van der Waals surface area contributed by atoms with Crippen LogP contribution in [0.15, 0.2) is 17.1 Å². The molecule has 24 heavy (non-hydrogen) atoms. The molecule has 1 saturated heterocycles. The minimum atomic E-state index is -1.22. The lowest BCUT2D eigenvalue weighted by Crippen LogP contribution is -2.34. The highest BCUT2D eigenvalue weighted by atomic mass is 32.2. The second kappa shape index (κ2) is 5.70. The highest BCUT2D eigenvalue weighted by Crippen LogP contribution is 2.37. The van der Waals surface area contributed by atoms with Gasteiger partial charge in [-0.15, -0.1) is 0 Å². The lowest BCUT2D eigenvalue weighted by molar-refractivity contribution is 0.0695. The van der Waals surface area contributed by atoms with Gasteiger partial charge in [-0.1, -0.05) is 0 Å². The fourth-order valence-corrected chi connectivity index (χ4v) is 3.99. The number of hydrogen-bond acceptors (Lipinski definition) is 6. The SMILES string of the molecule is Nc1cc2c(=O)c(C(=O)O)cn(C3CC3)c2nc1N1CCSCC1. The number of nitrogens with zero attached hydrogens (tertiary/aromatic N) is 3. The zero-order valence-corrected chi connectivity index (χ0v) is 13.9. The molecule has 0 atom stereocenters. The van der Waals surface area contributed by atoms with E-state index in [1.54, 1.807) is 6.07 Å². The van der Waals surface area contributed by atoms with Gasteiger partial charge in [0.05, 0.1) is 11.1 Å². The van der Waals surface area contributed by atoms with Crippen LogP contribution < -0.4 is 16.1 Å². The number of aromatic nitrogens is 2. The van der Waals surface area contributed by atoms with Crippen molar-refractivity contribution >= 4 is 40.3 Å². The molecule has 4 rings (SSSR count). The van der Waals surface area contributed by atoms with E-state index in [0.717, 1.165) is 37.4 Å². The molecular weight excluding hydrogens is 328 g/mol. The van der Waals surface area contributed by atoms with Crippen LogP contribution in [0.3, 0.4) is 0 Å². The molecule has 0 unspecified atom stereocenters. The molecule has 1 aliphatic carbocycles. The van der Waals surface area contributed by atoms with E-state index in [9.17, 15) is 14.7 Å². The van der Waals surface area contributed by atoms with Gasteiger partial charge in [0.1, 0.15) is 11.2 Å². The molecule has 2 fully saturated rings. The van der Waals surface area contributed by atoms with E-state index >= 15 is 0 Å². The van der Waals surface area contributed by atoms with Gasteiger partial charge in [0.25, 0.3) is 0 Å². The number of carbonyl (C=O) groups is 1. The Balaban J connectivity index is 1.95. The van der Waals surface area contributed by atoms with Crippen molar-refractivity contribution in [2.24, 2.45) is 0 Å². The van der Waals surface area contributed by atoms with Crippen LogP contribution >= 0.6 is 11.8 Å². The lowest BCUT2D eigenvalue weighted by Gasteiger charge is -2.28. The molecule has 8 heteroatoms. The quantitative estimate of drug-likeness (QED) is 0.869. The van der Waals surface area contributed by atoms with E-state index in [1.165, 1.54) is 6.20 Å². The van der Waals surface area contributed by atoms with Gasteiger partial charge in [-0.3, -0.25) is 4.79 Å². The molecule has 2 aromatic rings. The van der Waals surface area contributed by atoms with Crippen molar-refractivity contribution in [3.63, 3.8) is 0 Å². The van der Waals surface area contributed by atoms with Crippen molar-refractivity contribution < 1.29 is 9.90 Å². The van der Waals surface area contributed by atoms with Crippen molar-refractivity contribution in [1.29, 1.82) is 0 Å². The fraction of sp³-hybridized carbons (Fsp3) is 0.438. The Kier molecular flexibility index (Phi) is 3.64. The van der Waals surface area contributed by atoms with Crippen LogP contribution in [-0.2, 0) is 0 Å². The van der Waals surface area contributed by atoms with Crippen LogP contribution in [0.5, 0.6) is 0 Å². The van der Waals surface area contributed by atoms with Crippen molar-refractivity contribution in [3.05, 3.63) is 28.0 Å². The summed E-state index contributed by atoms with van der Waals surface area (Å²) in [6.45, 7) is 1.74. The van der Waals surface area contributed by atoms with E-state index in [-0.39, 0.29) is 17.0 Å². The Morgan fingerprint density at radius 1 is 1.33 bits per heavy atom. The van der Waals surface area contributed by atoms with Crippen molar-refractivity contribution in [1.82, 2.24) is 9.55 Å². The van der Waals surface area contributed by atoms with Gasteiger partial charge in [-0.25, -0.2) is 9.78 Å². The number of rotatable bonds is 3. The second-order valence-corrected chi connectivity index (χ2v) is 7.41.